The van der Waals surface area contributed by atoms with Crippen LogP contribution in [-0.4, -0.2) is 42.1 Å². The summed E-state index contributed by atoms with van der Waals surface area (Å²) in [4.78, 5) is 14.3. The lowest BCUT2D eigenvalue weighted by Crippen LogP contribution is -2.42. The van der Waals surface area contributed by atoms with Gasteiger partial charge in [0.1, 0.15) is 0 Å². The molecule has 1 amide bonds. The van der Waals surface area contributed by atoms with Gasteiger partial charge in [-0.1, -0.05) is 25.6 Å². The van der Waals surface area contributed by atoms with Gasteiger partial charge >= 0.3 is 0 Å². The maximum atomic E-state index is 12.2. The van der Waals surface area contributed by atoms with E-state index in [-0.39, 0.29) is 11.8 Å². The van der Waals surface area contributed by atoms with E-state index in [4.69, 9.17) is 22.7 Å². The maximum Gasteiger partial charge on any atom is 0.232 e. The number of ether oxygens (including phenoxy) is 1. The van der Waals surface area contributed by atoms with E-state index in [0.717, 1.165) is 12.8 Å². The summed E-state index contributed by atoms with van der Waals surface area (Å²) >= 11 is 4.96. The Hall–Kier alpha value is -0.680. The summed E-state index contributed by atoms with van der Waals surface area (Å²) in [7, 11) is 0. The average Bonchev–Trinajstić information content (AvgIpc) is 2.30. The molecule has 5 heteroatoms. The number of rotatable bonds is 9. The fourth-order valence-electron chi connectivity index (χ4n) is 1.64. The predicted octanol–water partition coefficient (Wildman–Crippen LogP) is 1.57. The summed E-state index contributed by atoms with van der Waals surface area (Å²) in [5.41, 5.74) is 5.62. The molecule has 0 radical (unpaired) electrons. The minimum absolute atomic E-state index is 0.0292. The van der Waals surface area contributed by atoms with Crippen molar-refractivity contribution >= 4 is 23.1 Å². The third kappa shape index (κ3) is 5.98. The van der Waals surface area contributed by atoms with E-state index in [2.05, 4.69) is 0 Å². The minimum atomic E-state index is -0.323. The van der Waals surface area contributed by atoms with Crippen molar-refractivity contribution in [1.29, 1.82) is 0 Å². The van der Waals surface area contributed by atoms with Crippen molar-refractivity contribution in [3.8, 4) is 0 Å². The van der Waals surface area contributed by atoms with Gasteiger partial charge in [-0.15, -0.1) is 0 Å². The molecule has 100 valence electrons. The number of hydrogen-bond acceptors (Lipinski definition) is 3. The van der Waals surface area contributed by atoms with Gasteiger partial charge in [0.05, 0.1) is 17.5 Å². The van der Waals surface area contributed by atoms with Crippen molar-refractivity contribution in [3.63, 3.8) is 0 Å². The van der Waals surface area contributed by atoms with Gasteiger partial charge in [-0.25, -0.2) is 0 Å². The summed E-state index contributed by atoms with van der Waals surface area (Å²) in [6, 6.07) is 0. The molecule has 0 aliphatic carbocycles. The smallest absolute Gasteiger partial charge is 0.232 e. The third-order valence-corrected chi connectivity index (χ3v) is 2.91. The van der Waals surface area contributed by atoms with Gasteiger partial charge in [0.15, 0.2) is 0 Å². The van der Waals surface area contributed by atoms with Crippen LogP contribution in [-0.2, 0) is 9.53 Å². The Morgan fingerprint density at radius 2 is 2.06 bits per heavy atom. The van der Waals surface area contributed by atoms with Gasteiger partial charge in [-0.2, -0.15) is 0 Å². The van der Waals surface area contributed by atoms with Crippen molar-refractivity contribution in [2.45, 2.75) is 33.6 Å². The van der Waals surface area contributed by atoms with Crippen molar-refractivity contribution in [2.75, 3.05) is 26.3 Å². The number of carbonyl (C=O) groups excluding carboxylic acids is 1. The topological polar surface area (TPSA) is 55.6 Å². The van der Waals surface area contributed by atoms with E-state index < -0.39 is 0 Å². The summed E-state index contributed by atoms with van der Waals surface area (Å²) < 4.78 is 5.26. The second-order valence-electron chi connectivity index (χ2n) is 3.86. The van der Waals surface area contributed by atoms with Crippen LogP contribution in [0.25, 0.3) is 0 Å². The molecule has 0 heterocycles. The summed E-state index contributed by atoms with van der Waals surface area (Å²) in [6.07, 6.45) is 1.62. The molecule has 4 nitrogen and oxygen atoms in total. The molecule has 0 fully saturated rings. The number of likely N-dealkylation sites (N-methyl/N-ethyl adjacent to an activating group) is 1. The Balaban J connectivity index is 4.41. The molecule has 0 aromatic carbocycles. The van der Waals surface area contributed by atoms with Gasteiger partial charge in [-0.05, 0) is 20.3 Å². The zero-order valence-corrected chi connectivity index (χ0v) is 11.9. The van der Waals surface area contributed by atoms with Crippen molar-refractivity contribution in [3.05, 3.63) is 0 Å². The second kappa shape index (κ2) is 9.36. The summed E-state index contributed by atoms with van der Waals surface area (Å²) in [5.74, 6) is -0.293. The van der Waals surface area contributed by atoms with Crippen LogP contribution in [0.5, 0.6) is 0 Å². The highest BCUT2D eigenvalue weighted by Crippen LogP contribution is 2.11. The Morgan fingerprint density at radius 3 is 2.47 bits per heavy atom. The van der Waals surface area contributed by atoms with Gasteiger partial charge in [0.25, 0.3) is 0 Å². The molecule has 0 aromatic heterocycles. The number of carbonyl (C=O) groups is 1. The highest BCUT2D eigenvalue weighted by Gasteiger charge is 2.24. The van der Waals surface area contributed by atoms with E-state index in [0.29, 0.717) is 31.3 Å². The minimum Gasteiger partial charge on any atom is -0.393 e. The SMILES string of the molecule is CCCC(C(=O)N(CC)CCOCC)C(N)=S. The number of hydrogen-bond donors (Lipinski definition) is 1. The van der Waals surface area contributed by atoms with Crippen molar-refractivity contribution < 1.29 is 9.53 Å². The van der Waals surface area contributed by atoms with Crippen LogP contribution in [0, 0.1) is 5.92 Å². The van der Waals surface area contributed by atoms with Crippen LogP contribution in [0.15, 0.2) is 0 Å². The molecule has 1 unspecified atom stereocenters. The maximum absolute atomic E-state index is 12.2. The third-order valence-electron chi connectivity index (χ3n) is 2.62. The first-order valence-electron chi connectivity index (χ1n) is 6.24. The zero-order chi connectivity index (χ0) is 13.3. The molecule has 0 saturated heterocycles. The molecule has 0 aromatic rings. The summed E-state index contributed by atoms with van der Waals surface area (Å²) in [6.45, 7) is 8.40. The molecular weight excluding hydrogens is 236 g/mol. The lowest BCUT2D eigenvalue weighted by molar-refractivity contribution is -0.134. The van der Waals surface area contributed by atoms with Crippen LogP contribution in [0.4, 0.5) is 0 Å². The highest BCUT2D eigenvalue weighted by atomic mass is 32.1. The number of nitrogens with zero attached hydrogens (tertiary/aromatic N) is 1. The number of thiocarbonyl (C=S) groups is 1. The van der Waals surface area contributed by atoms with Crippen LogP contribution in [0.1, 0.15) is 33.6 Å². The van der Waals surface area contributed by atoms with Crippen LogP contribution >= 0.6 is 12.2 Å². The normalized spacial score (nSPS) is 12.2. The van der Waals surface area contributed by atoms with Crippen LogP contribution < -0.4 is 5.73 Å². The Morgan fingerprint density at radius 1 is 1.41 bits per heavy atom. The molecule has 0 saturated carbocycles. The largest absolute Gasteiger partial charge is 0.393 e. The molecule has 0 bridgehead atoms. The molecule has 17 heavy (non-hydrogen) atoms. The number of amides is 1. The molecule has 0 spiro atoms. The number of nitrogens with two attached hydrogens (primary N) is 1. The van der Waals surface area contributed by atoms with Crippen LogP contribution in [0.3, 0.4) is 0 Å². The zero-order valence-electron chi connectivity index (χ0n) is 11.1. The average molecular weight is 260 g/mol. The van der Waals surface area contributed by atoms with E-state index >= 15 is 0 Å². The highest BCUT2D eigenvalue weighted by molar-refractivity contribution is 7.80. The Labute approximate surface area is 109 Å². The van der Waals surface area contributed by atoms with Gasteiger partial charge in [-0.3, -0.25) is 4.79 Å². The van der Waals surface area contributed by atoms with Crippen molar-refractivity contribution in [2.24, 2.45) is 11.7 Å². The van der Waals surface area contributed by atoms with Gasteiger partial charge < -0.3 is 15.4 Å². The van der Waals surface area contributed by atoms with E-state index in [1.54, 1.807) is 4.90 Å². The van der Waals surface area contributed by atoms with Crippen LogP contribution in [0.2, 0.25) is 0 Å². The first-order valence-corrected chi connectivity index (χ1v) is 6.65. The lowest BCUT2D eigenvalue weighted by atomic mass is 10.0. The Kier molecular flexibility index (Phi) is 8.99. The molecule has 1 atom stereocenters. The monoisotopic (exact) mass is 260 g/mol. The molecular formula is C12H24N2O2S. The lowest BCUT2D eigenvalue weighted by Gasteiger charge is -2.25. The molecule has 0 aliphatic rings. The standard InChI is InChI=1S/C12H24N2O2S/c1-4-7-10(11(13)17)12(15)14(5-2)8-9-16-6-3/h10H,4-9H2,1-3H3,(H2,13,17). The van der Waals surface area contributed by atoms with E-state index in [9.17, 15) is 4.79 Å². The first-order chi connectivity index (χ1) is 8.08. The quantitative estimate of drug-likeness (QED) is 0.505. The van der Waals surface area contributed by atoms with E-state index in [1.165, 1.54) is 0 Å². The molecule has 0 aliphatic heterocycles. The Bertz CT molecular complexity index is 247. The van der Waals surface area contributed by atoms with Gasteiger partial charge in [0.2, 0.25) is 5.91 Å². The second-order valence-corrected chi connectivity index (χ2v) is 4.33. The fourth-order valence-corrected chi connectivity index (χ4v) is 1.86. The van der Waals surface area contributed by atoms with Gasteiger partial charge in [0, 0.05) is 19.7 Å². The van der Waals surface area contributed by atoms with E-state index in [1.807, 2.05) is 20.8 Å². The first kappa shape index (κ1) is 16.3. The molecule has 2 N–H and O–H groups in total. The summed E-state index contributed by atoms with van der Waals surface area (Å²) in [5, 5.41) is 0. The molecule has 0 rings (SSSR count). The predicted molar refractivity (Wildman–Crippen MR) is 73.9 cm³/mol. The van der Waals surface area contributed by atoms with Crippen molar-refractivity contribution in [1.82, 2.24) is 4.90 Å². The fraction of sp³-hybridized carbons (Fsp3) is 0.833.